The fraction of sp³-hybridized carbons (Fsp3) is 0.833. The van der Waals surface area contributed by atoms with Crippen molar-refractivity contribution in [3.63, 3.8) is 0 Å². The van der Waals surface area contributed by atoms with Crippen molar-refractivity contribution in [1.29, 1.82) is 0 Å². The second-order valence-electron chi connectivity index (χ2n) is 5.98. The number of imide groups is 1. The van der Waals surface area contributed by atoms with Gasteiger partial charge in [-0.1, -0.05) is 13.8 Å². The average Bonchev–Trinajstić information content (AvgIpc) is 2.40. The van der Waals surface area contributed by atoms with Gasteiger partial charge in [0.1, 0.15) is 5.54 Å². The number of hydrogen-bond donors (Lipinski definition) is 2. The highest BCUT2D eigenvalue weighted by atomic mass is 16.2. The molecule has 0 radical (unpaired) electrons. The van der Waals surface area contributed by atoms with Gasteiger partial charge < -0.3 is 11.1 Å². The smallest absolute Gasteiger partial charge is 0.325 e. The van der Waals surface area contributed by atoms with E-state index in [0.717, 1.165) is 12.8 Å². The summed E-state index contributed by atoms with van der Waals surface area (Å²) in [5.74, 6) is -0.145. The Labute approximate surface area is 103 Å². The average molecular weight is 241 g/mol. The molecule has 0 atom stereocenters. The van der Waals surface area contributed by atoms with E-state index in [1.54, 1.807) is 13.8 Å². The predicted octanol–water partition coefficient (Wildman–Crippen LogP) is 1.08. The molecule has 1 heterocycles. The van der Waals surface area contributed by atoms with Crippen molar-refractivity contribution in [3.8, 4) is 0 Å². The molecule has 3 N–H and O–H groups in total. The number of nitrogens with zero attached hydrogens (tertiary/aromatic N) is 1. The third kappa shape index (κ3) is 3.19. The number of nitrogens with one attached hydrogen (secondary N) is 1. The van der Waals surface area contributed by atoms with Crippen molar-refractivity contribution < 1.29 is 9.59 Å². The monoisotopic (exact) mass is 241 g/mol. The molecule has 0 aromatic rings. The summed E-state index contributed by atoms with van der Waals surface area (Å²) in [6.07, 6.45) is 1.69. The van der Waals surface area contributed by atoms with E-state index in [1.807, 2.05) is 0 Å². The minimum atomic E-state index is -0.763. The summed E-state index contributed by atoms with van der Waals surface area (Å²) in [4.78, 5) is 24.8. The van der Waals surface area contributed by atoms with Crippen LogP contribution < -0.4 is 11.1 Å². The SMILES string of the molecule is CC(C)(CN)CCCN1C(=O)NC(C)(C)C1=O. The second-order valence-corrected chi connectivity index (χ2v) is 5.98. The van der Waals surface area contributed by atoms with E-state index in [-0.39, 0.29) is 17.4 Å². The fourth-order valence-corrected chi connectivity index (χ4v) is 1.84. The van der Waals surface area contributed by atoms with Gasteiger partial charge in [-0.15, -0.1) is 0 Å². The van der Waals surface area contributed by atoms with Crippen LogP contribution in [-0.2, 0) is 4.79 Å². The van der Waals surface area contributed by atoms with Gasteiger partial charge >= 0.3 is 6.03 Å². The lowest BCUT2D eigenvalue weighted by Gasteiger charge is -2.23. The van der Waals surface area contributed by atoms with E-state index >= 15 is 0 Å². The molecule has 0 unspecified atom stereocenters. The van der Waals surface area contributed by atoms with Gasteiger partial charge in [0.25, 0.3) is 5.91 Å². The number of carbonyl (C=O) groups excluding carboxylic acids is 2. The molecule has 0 aromatic heterocycles. The molecule has 98 valence electrons. The normalized spacial score (nSPS) is 19.7. The summed E-state index contributed by atoms with van der Waals surface area (Å²) in [7, 11) is 0. The number of nitrogens with two attached hydrogens (primary N) is 1. The van der Waals surface area contributed by atoms with Gasteiger partial charge in [0.15, 0.2) is 0 Å². The molecule has 3 amide bonds. The first-order valence-corrected chi connectivity index (χ1v) is 6.04. The zero-order valence-corrected chi connectivity index (χ0v) is 11.2. The minimum absolute atomic E-state index is 0.0643. The minimum Gasteiger partial charge on any atom is -0.330 e. The zero-order valence-electron chi connectivity index (χ0n) is 11.2. The van der Waals surface area contributed by atoms with Crippen LogP contribution in [0.3, 0.4) is 0 Å². The van der Waals surface area contributed by atoms with Crippen LogP contribution in [-0.4, -0.2) is 35.5 Å². The van der Waals surface area contributed by atoms with Crippen molar-refractivity contribution in [2.75, 3.05) is 13.1 Å². The molecular formula is C12H23N3O2. The van der Waals surface area contributed by atoms with Crippen molar-refractivity contribution in [3.05, 3.63) is 0 Å². The summed E-state index contributed by atoms with van der Waals surface area (Å²) in [5, 5.41) is 2.67. The topological polar surface area (TPSA) is 75.4 Å². The number of urea groups is 1. The Morgan fingerprint density at radius 1 is 1.35 bits per heavy atom. The van der Waals surface area contributed by atoms with Crippen molar-refractivity contribution in [1.82, 2.24) is 10.2 Å². The molecule has 5 nitrogen and oxygen atoms in total. The molecule has 1 rings (SSSR count). The van der Waals surface area contributed by atoms with Crippen molar-refractivity contribution in [2.45, 2.75) is 46.1 Å². The van der Waals surface area contributed by atoms with E-state index in [4.69, 9.17) is 5.73 Å². The Balaban J connectivity index is 2.49. The zero-order chi connectivity index (χ0) is 13.3. The lowest BCUT2D eigenvalue weighted by Crippen LogP contribution is -2.40. The van der Waals surface area contributed by atoms with E-state index in [9.17, 15) is 9.59 Å². The van der Waals surface area contributed by atoms with Crippen LogP contribution in [0, 0.1) is 5.41 Å². The van der Waals surface area contributed by atoms with Crippen molar-refractivity contribution >= 4 is 11.9 Å². The van der Waals surface area contributed by atoms with Gasteiger partial charge in [-0.25, -0.2) is 4.79 Å². The molecule has 0 saturated carbocycles. The van der Waals surface area contributed by atoms with Crippen LogP contribution in [0.15, 0.2) is 0 Å². The second kappa shape index (κ2) is 4.64. The Hall–Kier alpha value is -1.10. The Kier molecular flexibility index (Phi) is 3.81. The fourth-order valence-electron chi connectivity index (χ4n) is 1.84. The molecule has 0 aromatic carbocycles. The molecule has 17 heavy (non-hydrogen) atoms. The van der Waals surface area contributed by atoms with E-state index < -0.39 is 5.54 Å². The van der Waals surface area contributed by atoms with Crippen LogP contribution in [0.4, 0.5) is 4.79 Å². The first-order valence-electron chi connectivity index (χ1n) is 6.04. The van der Waals surface area contributed by atoms with Gasteiger partial charge in [-0.3, -0.25) is 9.69 Å². The van der Waals surface area contributed by atoms with Gasteiger partial charge in [0, 0.05) is 6.54 Å². The summed E-state index contributed by atoms with van der Waals surface area (Å²) in [6.45, 7) is 8.69. The molecule has 0 bridgehead atoms. The molecule has 1 fully saturated rings. The van der Waals surface area contributed by atoms with Crippen LogP contribution in [0.2, 0.25) is 0 Å². The highest BCUT2D eigenvalue weighted by Gasteiger charge is 2.43. The Bertz CT molecular complexity index is 324. The lowest BCUT2D eigenvalue weighted by atomic mass is 9.88. The lowest BCUT2D eigenvalue weighted by molar-refractivity contribution is -0.130. The summed E-state index contributed by atoms with van der Waals surface area (Å²) >= 11 is 0. The Morgan fingerprint density at radius 3 is 2.35 bits per heavy atom. The van der Waals surface area contributed by atoms with Crippen LogP contribution in [0.25, 0.3) is 0 Å². The first-order chi connectivity index (χ1) is 7.69. The summed E-state index contributed by atoms with van der Waals surface area (Å²) in [5.41, 5.74) is 4.94. The third-order valence-corrected chi connectivity index (χ3v) is 3.23. The predicted molar refractivity (Wildman–Crippen MR) is 66.4 cm³/mol. The number of hydrogen-bond acceptors (Lipinski definition) is 3. The van der Waals surface area contributed by atoms with Crippen LogP contribution >= 0.6 is 0 Å². The number of amides is 3. The number of rotatable bonds is 5. The molecule has 0 spiro atoms. The highest BCUT2D eigenvalue weighted by molar-refractivity contribution is 6.06. The maximum absolute atomic E-state index is 11.9. The maximum Gasteiger partial charge on any atom is 0.325 e. The molecule has 5 heteroatoms. The molecule has 1 saturated heterocycles. The maximum atomic E-state index is 11.9. The van der Waals surface area contributed by atoms with Gasteiger partial charge in [-0.05, 0) is 38.6 Å². The van der Waals surface area contributed by atoms with Gasteiger partial charge in [0.05, 0.1) is 0 Å². The molecular weight excluding hydrogens is 218 g/mol. The van der Waals surface area contributed by atoms with Crippen molar-refractivity contribution in [2.24, 2.45) is 11.1 Å². The Morgan fingerprint density at radius 2 is 1.94 bits per heavy atom. The molecule has 0 aliphatic carbocycles. The molecule has 1 aliphatic heterocycles. The van der Waals surface area contributed by atoms with Crippen LogP contribution in [0.1, 0.15) is 40.5 Å². The van der Waals surface area contributed by atoms with E-state index in [0.29, 0.717) is 13.1 Å². The van der Waals surface area contributed by atoms with Gasteiger partial charge in [0.2, 0.25) is 0 Å². The molecule has 1 aliphatic rings. The largest absolute Gasteiger partial charge is 0.330 e. The van der Waals surface area contributed by atoms with Crippen LogP contribution in [0.5, 0.6) is 0 Å². The third-order valence-electron chi connectivity index (χ3n) is 3.23. The summed E-state index contributed by atoms with van der Waals surface area (Å²) in [6, 6.07) is -0.287. The first kappa shape index (κ1) is 14.0. The quantitative estimate of drug-likeness (QED) is 0.707. The van der Waals surface area contributed by atoms with E-state index in [1.165, 1.54) is 4.90 Å². The van der Waals surface area contributed by atoms with E-state index in [2.05, 4.69) is 19.2 Å². The highest BCUT2D eigenvalue weighted by Crippen LogP contribution is 2.22. The van der Waals surface area contributed by atoms with Gasteiger partial charge in [-0.2, -0.15) is 0 Å². The number of carbonyl (C=O) groups is 2. The standard InChI is InChI=1S/C12H23N3O2/c1-11(2,8-13)6-5-7-15-9(16)12(3,4)14-10(15)17/h5-8,13H2,1-4H3,(H,14,17). The summed E-state index contributed by atoms with van der Waals surface area (Å²) < 4.78 is 0.